The fourth-order valence-corrected chi connectivity index (χ4v) is 6.03. The van der Waals surface area contributed by atoms with Gasteiger partial charge in [0, 0.05) is 17.0 Å². The molecule has 124 valence electrons. The van der Waals surface area contributed by atoms with Gasteiger partial charge in [0.25, 0.3) is 0 Å². The van der Waals surface area contributed by atoms with Crippen molar-refractivity contribution in [2.45, 2.75) is 49.9 Å². The summed E-state index contributed by atoms with van der Waals surface area (Å²) in [5.74, 6) is 2.16. The Bertz CT molecular complexity index is 678. The van der Waals surface area contributed by atoms with Gasteiger partial charge >= 0.3 is 0 Å². The molecule has 0 N–H and O–H groups in total. The Morgan fingerprint density at radius 3 is 3.00 bits per heavy atom. The van der Waals surface area contributed by atoms with E-state index in [0.29, 0.717) is 12.0 Å². The fourth-order valence-electron chi connectivity index (χ4n) is 6.03. The minimum absolute atomic E-state index is 0.0639. The number of ether oxygens (including phenoxy) is 2. The maximum Gasteiger partial charge on any atom is 0.165 e. The van der Waals surface area contributed by atoms with Gasteiger partial charge in [-0.25, -0.2) is 4.39 Å². The molecule has 6 atom stereocenters. The SMILES string of the molecule is COc1ccc2c3c1O[C@H]1[C@H](F)[C@H](C)C[C@H]4[C@@H](C2)N(C)CC[C@@]341. The number of piperidine rings is 1. The summed E-state index contributed by atoms with van der Waals surface area (Å²) in [6.07, 6.45) is 1.78. The first kappa shape index (κ1) is 14.1. The number of likely N-dealkylation sites (tertiary alicyclic amines) is 1. The molecule has 4 aliphatic rings. The molecular formula is C19H24FNO2. The van der Waals surface area contributed by atoms with Crippen LogP contribution in [0.25, 0.3) is 0 Å². The third-order valence-electron chi connectivity index (χ3n) is 7.10. The van der Waals surface area contributed by atoms with Crippen LogP contribution in [0.15, 0.2) is 12.1 Å². The first-order valence-corrected chi connectivity index (χ1v) is 8.79. The van der Waals surface area contributed by atoms with Crippen molar-refractivity contribution in [3.8, 4) is 11.5 Å². The van der Waals surface area contributed by atoms with Crippen molar-refractivity contribution in [1.29, 1.82) is 0 Å². The summed E-state index contributed by atoms with van der Waals surface area (Å²) in [4.78, 5) is 2.49. The lowest BCUT2D eigenvalue weighted by Crippen LogP contribution is -2.67. The van der Waals surface area contributed by atoms with Gasteiger partial charge in [-0.15, -0.1) is 0 Å². The molecule has 2 fully saturated rings. The van der Waals surface area contributed by atoms with Gasteiger partial charge in [0.05, 0.1) is 7.11 Å². The lowest BCUT2D eigenvalue weighted by atomic mass is 9.50. The van der Waals surface area contributed by atoms with Gasteiger partial charge in [-0.3, -0.25) is 0 Å². The molecule has 1 saturated carbocycles. The van der Waals surface area contributed by atoms with Crippen LogP contribution in [0, 0.1) is 11.8 Å². The zero-order valence-electron chi connectivity index (χ0n) is 14.0. The van der Waals surface area contributed by atoms with E-state index in [1.54, 1.807) is 7.11 Å². The molecule has 1 aromatic carbocycles. The average molecular weight is 317 g/mol. The van der Waals surface area contributed by atoms with Crippen LogP contribution in [0.2, 0.25) is 0 Å². The molecule has 1 spiro atoms. The lowest BCUT2D eigenvalue weighted by molar-refractivity contribution is -0.0969. The van der Waals surface area contributed by atoms with Crippen molar-refractivity contribution >= 4 is 0 Å². The number of hydrogen-bond acceptors (Lipinski definition) is 3. The highest BCUT2D eigenvalue weighted by Crippen LogP contribution is 2.64. The molecule has 1 aromatic rings. The molecule has 2 heterocycles. The number of likely N-dealkylation sites (N-methyl/N-ethyl adjacent to an activating group) is 1. The third kappa shape index (κ3) is 1.49. The van der Waals surface area contributed by atoms with Gasteiger partial charge < -0.3 is 14.4 Å². The largest absolute Gasteiger partial charge is 0.493 e. The van der Waals surface area contributed by atoms with Crippen LogP contribution in [0.3, 0.4) is 0 Å². The summed E-state index contributed by atoms with van der Waals surface area (Å²) in [6, 6.07) is 4.69. The molecule has 4 heteroatoms. The molecule has 0 aromatic heterocycles. The summed E-state index contributed by atoms with van der Waals surface area (Å²) in [5, 5.41) is 0. The van der Waals surface area contributed by atoms with Crippen molar-refractivity contribution < 1.29 is 13.9 Å². The van der Waals surface area contributed by atoms with E-state index in [0.717, 1.165) is 37.3 Å². The Balaban J connectivity index is 1.79. The second-order valence-electron chi connectivity index (χ2n) is 7.98. The van der Waals surface area contributed by atoms with Crippen molar-refractivity contribution in [1.82, 2.24) is 4.90 Å². The topological polar surface area (TPSA) is 21.7 Å². The Morgan fingerprint density at radius 1 is 1.39 bits per heavy atom. The second-order valence-corrected chi connectivity index (χ2v) is 7.98. The second kappa shape index (κ2) is 4.41. The Hall–Kier alpha value is -1.29. The Morgan fingerprint density at radius 2 is 2.22 bits per heavy atom. The standard InChI is InChI=1S/C19H24FNO2/c1-10-8-12-13-9-11-4-5-14(22-3)17-15(11)19(12,6-7-21(13)2)18(23-17)16(10)20/h4-5,10,12-13,16,18H,6-9H2,1-3H3/t10-,12+,13-,16-,18+,19+/m1/s1. The maximum atomic E-state index is 15.2. The number of hydrogen-bond donors (Lipinski definition) is 0. The van der Waals surface area contributed by atoms with Crippen LogP contribution < -0.4 is 9.47 Å². The van der Waals surface area contributed by atoms with Crippen molar-refractivity contribution in [3.63, 3.8) is 0 Å². The number of rotatable bonds is 1. The smallest absolute Gasteiger partial charge is 0.165 e. The number of halogens is 1. The zero-order valence-corrected chi connectivity index (χ0v) is 14.0. The zero-order chi connectivity index (χ0) is 15.9. The van der Waals surface area contributed by atoms with Crippen molar-refractivity contribution in [3.05, 3.63) is 23.3 Å². The van der Waals surface area contributed by atoms with Crippen LogP contribution in [0.5, 0.6) is 11.5 Å². The van der Waals surface area contributed by atoms with E-state index >= 15 is 4.39 Å². The van der Waals surface area contributed by atoms with Crippen molar-refractivity contribution in [2.24, 2.45) is 11.8 Å². The van der Waals surface area contributed by atoms with Crippen molar-refractivity contribution in [2.75, 3.05) is 20.7 Å². The van der Waals surface area contributed by atoms with Gasteiger partial charge in [-0.05, 0) is 56.3 Å². The van der Waals surface area contributed by atoms with Crippen LogP contribution in [-0.2, 0) is 11.8 Å². The van der Waals surface area contributed by atoms with E-state index in [-0.39, 0.29) is 17.4 Å². The molecule has 2 aliphatic carbocycles. The summed E-state index contributed by atoms with van der Waals surface area (Å²) in [5.41, 5.74) is 2.49. The first-order chi connectivity index (χ1) is 11.1. The maximum absolute atomic E-state index is 15.2. The molecule has 0 unspecified atom stereocenters. The average Bonchev–Trinajstić information content (AvgIpc) is 2.89. The van der Waals surface area contributed by atoms with E-state index in [1.807, 2.05) is 13.0 Å². The molecule has 3 nitrogen and oxygen atoms in total. The first-order valence-electron chi connectivity index (χ1n) is 8.79. The highest BCUT2D eigenvalue weighted by molar-refractivity contribution is 5.61. The molecule has 2 aliphatic heterocycles. The molecule has 0 radical (unpaired) electrons. The Labute approximate surface area is 136 Å². The van der Waals surface area contributed by atoms with Crippen LogP contribution in [0.4, 0.5) is 4.39 Å². The summed E-state index contributed by atoms with van der Waals surface area (Å²) in [6.45, 7) is 3.07. The number of benzene rings is 1. The Kier molecular flexibility index (Phi) is 2.70. The van der Waals surface area contributed by atoms with Crippen LogP contribution >= 0.6 is 0 Å². The monoisotopic (exact) mass is 317 g/mol. The number of nitrogens with zero attached hydrogens (tertiary/aromatic N) is 1. The van der Waals surface area contributed by atoms with E-state index in [4.69, 9.17) is 9.47 Å². The van der Waals surface area contributed by atoms with Crippen LogP contribution in [0.1, 0.15) is 30.9 Å². The molecule has 1 saturated heterocycles. The third-order valence-corrected chi connectivity index (χ3v) is 7.10. The minimum atomic E-state index is -0.890. The van der Waals surface area contributed by atoms with Gasteiger partial charge in [-0.2, -0.15) is 0 Å². The summed E-state index contributed by atoms with van der Waals surface area (Å²) < 4.78 is 27.0. The van der Waals surface area contributed by atoms with E-state index in [9.17, 15) is 0 Å². The number of methoxy groups -OCH3 is 1. The lowest BCUT2D eigenvalue weighted by Gasteiger charge is -2.59. The molecule has 2 bridgehead atoms. The van der Waals surface area contributed by atoms with E-state index in [2.05, 4.69) is 18.0 Å². The molecule has 23 heavy (non-hydrogen) atoms. The van der Waals surface area contributed by atoms with Gasteiger partial charge in [0.1, 0.15) is 12.3 Å². The fraction of sp³-hybridized carbons (Fsp3) is 0.684. The molecular weight excluding hydrogens is 293 g/mol. The van der Waals surface area contributed by atoms with Gasteiger partial charge in [0.15, 0.2) is 11.5 Å². The van der Waals surface area contributed by atoms with E-state index < -0.39 is 6.17 Å². The normalized spacial score (nSPS) is 43.7. The predicted molar refractivity (Wildman–Crippen MR) is 86.0 cm³/mol. The number of alkyl halides is 1. The van der Waals surface area contributed by atoms with Gasteiger partial charge in [0.2, 0.25) is 0 Å². The quantitative estimate of drug-likeness (QED) is 0.795. The highest BCUT2D eigenvalue weighted by Gasteiger charge is 2.67. The molecule has 0 amide bonds. The minimum Gasteiger partial charge on any atom is -0.493 e. The predicted octanol–water partition coefficient (Wildman–Crippen LogP) is 2.95. The molecule has 5 rings (SSSR count). The summed E-state index contributed by atoms with van der Waals surface area (Å²) >= 11 is 0. The summed E-state index contributed by atoms with van der Waals surface area (Å²) in [7, 11) is 3.90. The highest BCUT2D eigenvalue weighted by atomic mass is 19.1. The van der Waals surface area contributed by atoms with Gasteiger partial charge in [-0.1, -0.05) is 13.0 Å². The van der Waals surface area contributed by atoms with Crippen LogP contribution in [-0.4, -0.2) is 43.9 Å². The van der Waals surface area contributed by atoms with E-state index in [1.165, 1.54) is 11.1 Å².